The second-order valence-electron chi connectivity index (χ2n) is 7.25. The predicted molar refractivity (Wildman–Crippen MR) is 103 cm³/mol. The highest BCUT2D eigenvalue weighted by Gasteiger charge is 2.24. The van der Waals surface area contributed by atoms with E-state index in [2.05, 4.69) is 23.5 Å². The molecule has 1 saturated heterocycles. The molecule has 0 radical (unpaired) electrons. The summed E-state index contributed by atoms with van der Waals surface area (Å²) in [5.41, 5.74) is 0. The monoisotopic (exact) mass is 384 g/mol. The third-order valence-corrected chi connectivity index (χ3v) is 6.25. The van der Waals surface area contributed by atoms with Crippen LogP contribution in [0.15, 0.2) is 23.1 Å². The van der Waals surface area contributed by atoms with Gasteiger partial charge in [0.25, 0.3) is 0 Å². The van der Waals surface area contributed by atoms with Crippen LogP contribution in [0.2, 0.25) is 0 Å². The summed E-state index contributed by atoms with van der Waals surface area (Å²) in [7, 11) is -0.576. The normalized spacial score (nSPS) is 17.3. The first-order valence-corrected chi connectivity index (χ1v) is 10.8. The standard InChI is InChI=1S/C19H32N2O4S/c1-15(2)12-16(21-10-6-5-7-11-21)14-20-26(22,23)17-8-9-18(24-3)19(13-17)25-4/h8-9,13,15-16,20H,5-7,10-12,14H2,1-4H3. The molecule has 0 aromatic heterocycles. The molecule has 148 valence electrons. The van der Waals surface area contributed by atoms with E-state index in [1.54, 1.807) is 12.1 Å². The number of ether oxygens (including phenoxy) is 2. The lowest BCUT2D eigenvalue weighted by molar-refractivity contribution is 0.146. The van der Waals surface area contributed by atoms with Crippen LogP contribution in [-0.2, 0) is 10.0 Å². The predicted octanol–water partition coefficient (Wildman–Crippen LogP) is 2.88. The lowest BCUT2D eigenvalue weighted by atomic mass is 10.00. The van der Waals surface area contributed by atoms with Crippen LogP contribution in [0.5, 0.6) is 11.5 Å². The lowest BCUT2D eigenvalue weighted by Crippen LogP contribution is -2.46. The number of hydrogen-bond donors (Lipinski definition) is 1. The zero-order valence-corrected chi connectivity index (χ0v) is 17.1. The summed E-state index contributed by atoms with van der Waals surface area (Å²) in [5, 5.41) is 0. The topological polar surface area (TPSA) is 67.9 Å². The maximum absolute atomic E-state index is 12.7. The number of benzene rings is 1. The van der Waals surface area contributed by atoms with Crippen molar-refractivity contribution in [2.24, 2.45) is 5.92 Å². The van der Waals surface area contributed by atoms with Gasteiger partial charge in [-0.2, -0.15) is 0 Å². The average molecular weight is 385 g/mol. The van der Waals surface area contributed by atoms with E-state index in [4.69, 9.17) is 9.47 Å². The second-order valence-corrected chi connectivity index (χ2v) is 9.02. The Kier molecular flexibility index (Phi) is 7.73. The molecule has 1 fully saturated rings. The Morgan fingerprint density at radius 1 is 1.08 bits per heavy atom. The van der Waals surface area contributed by atoms with Crippen molar-refractivity contribution < 1.29 is 17.9 Å². The number of methoxy groups -OCH3 is 2. The molecule has 0 saturated carbocycles. The van der Waals surface area contributed by atoms with Crippen molar-refractivity contribution in [3.8, 4) is 11.5 Å². The molecule has 6 nitrogen and oxygen atoms in total. The van der Waals surface area contributed by atoms with E-state index in [0.29, 0.717) is 24.0 Å². The maximum Gasteiger partial charge on any atom is 0.240 e. The van der Waals surface area contributed by atoms with E-state index in [1.807, 2.05) is 0 Å². The second kappa shape index (κ2) is 9.58. The van der Waals surface area contributed by atoms with Gasteiger partial charge in [0.15, 0.2) is 11.5 Å². The molecule has 1 aliphatic heterocycles. The van der Waals surface area contributed by atoms with Crippen LogP contribution < -0.4 is 14.2 Å². The molecule has 7 heteroatoms. The highest BCUT2D eigenvalue weighted by molar-refractivity contribution is 7.89. The first-order chi connectivity index (χ1) is 12.4. The summed E-state index contributed by atoms with van der Waals surface area (Å²) < 4.78 is 38.7. The quantitative estimate of drug-likeness (QED) is 0.709. The molecule has 1 aromatic rings. The van der Waals surface area contributed by atoms with Crippen molar-refractivity contribution in [3.05, 3.63) is 18.2 Å². The molecule has 0 amide bonds. The van der Waals surface area contributed by atoms with E-state index >= 15 is 0 Å². The first-order valence-electron chi connectivity index (χ1n) is 9.33. The Morgan fingerprint density at radius 2 is 1.73 bits per heavy atom. The Morgan fingerprint density at radius 3 is 2.31 bits per heavy atom. The molecule has 0 spiro atoms. The van der Waals surface area contributed by atoms with Crippen LogP contribution in [0.4, 0.5) is 0 Å². The summed E-state index contributed by atoms with van der Waals surface area (Å²) >= 11 is 0. The summed E-state index contributed by atoms with van der Waals surface area (Å²) in [6.07, 6.45) is 4.63. The number of likely N-dealkylation sites (tertiary alicyclic amines) is 1. The molecule has 1 aliphatic rings. The van der Waals surface area contributed by atoms with Gasteiger partial charge in [-0.05, 0) is 50.4 Å². The van der Waals surface area contributed by atoms with E-state index in [1.165, 1.54) is 39.5 Å². The van der Waals surface area contributed by atoms with Crippen LogP contribution in [-0.4, -0.2) is 53.2 Å². The number of sulfonamides is 1. The van der Waals surface area contributed by atoms with Gasteiger partial charge in [0.05, 0.1) is 19.1 Å². The number of rotatable bonds is 9. The number of piperidine rings is 1. The molecule has 26 heavy (non-hydrogen) atoms. The van der Waals surface area contributed by atoms with E-state index in [9.17, 15) is 8.42 Å². The fraction of sp³-hybridized carbons (Fsp3) is 0.684. The van der Waals surface area contributed by atoms with Gasteiger partial charge in [-0.15, -0.1) is 0 Å². The fourth-order valence-corrected chi connectivity index (χ4v) is 4.55. The zero-order chi connectivity index (χ0) is 19.2. The van der Waals surface area contributed by atoms with Crippen molar-refractivity contribution >= 4 is 10.0 Å². The summed E-state index contributed by atoms with van der Waals surface area (Å²) in [5.74, 6) is 1.44. The van der Waals surface area contributed by atoms with Gasteiger partial charge in [0.2, 0.25) is 10.0 Å². The van der Waals surface area contributed by atoms with Crippen molar-refractivity contribution in [3.63, 3.8) is 0 Å². The Hall–Kier alpha value is -1.31. The zero-order valence-electron chi connectivity index (χ0n) is 16.3. The molecule has 1 atom stereocenters. The van der Waals surface area contributed by atoms with E-state index < -0.39 is 10.0 Å². The van der Waals surface area contributed by atoms with Crippen molar-refractivity contribution in [2.75, 3.05) is 33.9 Å². The molecule has 0 bridgehead atoms. The lowest BCUT2D eigenvalue weighted by Gasteiger charge is -2.35. The number of nitrogens with zero attached hydrogens (tertiary/aromatic N) is 1. The highest BCUT2D eigenvalue weighted by atomic mass is 32.2. The smallest absolute Gasteiger partial charge is 0.240 e. The molecule has 0 aliphatic carbocycles. The van der Waals surface area contributed by atoms with Crippen molar-refractivity contribution in [1.82, 2.24) is 9.62 Å². The van der Waals surface area contributed by atoms with Gasteiger partial charge >= 0.3 is 0 Å². The summed E-state index contributed by atoms with van der Waals surface area (Å²) in [4.78, 5) is 2.62. The highest BCUT2D eigenvalue weighted by Crippen LogP contribution is 2.29. The molecule has 1 heterocycles. The summed E-state index contributed by atoms with van der Waals surface area (Å²) in [6, 6.07) is 4.88. The SMILES string of the molecule is COc1ccc(S(=O)(=O)NCC(CC(C)C)N2CCCCC2)cc1OC. The van der Waals surface area contributed by atoms with Crippen molar-refractivity contribution in [1.29, 1.82) is 0 Å². The van der Waals surface area contributed by atoms with Gasteiger partial charge in [0, 0.05) is 18.7 Å². The van der Waals surface area contributed by atoms with Crippen LogP contribution >= 0.6 is 0 Å². The molecular formula is C19H32N2O4S. The minimum absolute atomic E-state index is 0.192. The first kappa shape index (κ1) is 21.0. The molecule has 1 N–H and O–H groups in total. The molecular weight excluding hydrogens is 352 g/mol. The third kappa shape index (κ3) is 5.59. The Balaban J connectivity index is 2.10. The molecule has 2 rings (SSSR count). The van der Waals surface area contributed by atoms with Crippen LogP contribution in [0, 0.1) is 5.92 Å². The van der Waals surface area contributed by atoms with E-state index in [0.717, 1.165) is 19.5 Å². The van der Waals surface area contributed by atoms with Gasteiger partial charge in [-0.3, -0.25) is 4.90 Å². The average Bonchev–Trinajstić information content (AvgIpc) is 2.64. The maximum atomic E-state index is 12.7. The number of hydrogen-bond acceptors (Lipinski definition) is 5. The van der Waals surface area contributed by atoms with Gasteiger partial charge < -0.3 is 9.47 Å². The molecule has 1 aromatic carbocycles. The van der Waals surface area contributed by atoms with Crippen LogP contribution in [0.1, 0.15) is 39.5 Å². The molecule has 1 unspecified atom stereocenters. The number of nitrogens with one attached hydrogen (secondary N) is 1. The largest absolute Gasteiger partial charge is 0.493 e. The Labute approximate surface area is 157 Å². The van der Waals surface area contributed by atoms with Gasteiger partial charge in [-0.1, -0.05) is 20.3 Å². The van der Waals surface area contributed by atoms with Crippen LogP contribution in [0.3, 0.4) is 0 Å². The fourth-order valence-electron chi connectivity index (χ4n) is 3.46. The van der Waals surface area contributed by atoms with Crippen molar-refractivity contribution in [2.45, 2.75) is 50.5 Å². The Bertz CT molecular complexity index is 670. The summed E-state index contributed by atoms with van der Waals surface area (Å²) in [6.45, 7) is 6.89. The van der Waals surface area contributed by atoms with Crippen LogP contribution in [0.25, 0.3) is 0 Å². The minimum Gasteiger partial charge on any atom is -0.493 e. The van der Waals surface area contributed by atoms with E-state index in [-0.39, 0.29) is 10.9 Å². The van der Waals surface area contributed by atoms with Gasteiger partial charge in [0.1, 0.15) is 0 Å². The minimum atomic E-state index is -3.60. The van der Waals surface area contributed by atoms with Gasteiger partial charge in [-0.25, -0.2) is 13.1 Å². The third-order valence-electron chi connectivity index (χ3n) is 4.82.